The Kier molecular flexibility index (Phi) is 10.4. The summed E-state index contributed by atoms with van der Waals surface area (Å²) in [6.45, 7) is 6.89. The van der Waals surface area contributed by atoms with E-state index in [-0.39, 0.29) is 0 Å². The van der Waals surface area contributed by atoms with E-state index in [1.807, 2.05) is 0 Å². The summed E-state index contributed by atoms with van der Waals surface area (Å²) in [4.78, 5) is 0. The Morgan fingerprint density at radius 2 is 1.00 bits per heavy atom. The van der Waals surface area contributed by atoms with Crippen molar-refractivity contribution in [1.82, 2.24) is 0 Å². The van der Waals surface area contributed by atoms with Gasteiger partial charge >= 0.3 is 33.0 Å². The molecule has 0 nitrogen and oxygen atoms in total. The first-order chi connectivity index (χ1) is 10.2. The van der Waals surface area contributed by atoms with E-state index in [0.29, 0.717) is 0 Å². The predicted octanol–water partition coefficient (Wildman–Crippen LogP) is 8.42. The summed E-state index contributed by atoms with van der Waals surface area (Å²) in [7, 11) is -11.4. The molecule has 0 spiro atoms. The van der Waals surface area contributed by atoms with Crippen molar-refractivity contribution < 1.29 is 25.2 Å². The molecule has 0 radical (unpaired) electrons. The summed E-state index contributed by atoms with van der Waals surface area (Å²) in [5.41, 5.74) is 0. The maximum atomic E-state index is 9.87. The Morgan fingerprint density at radius 1 is 0.739 bits per heavy atom. The van der Waals surface area contributed by atoms with Crippen LogP contribution in [-0.4, -0.2) is 24.6 Å². The fourth-order valence-corrected chi connectivity index (χ4v) is 6.74. The summed E-state index contributed by atoms with van der Waals surface area (Å²) >= 11 is 0. The standard InChI is InChI=1S/C15H30P.F6P/c1-5-9-13-16(12-8-4,14-10-6-2)15-11-7-3;1-7(2,3,4,5)6/h4H,5-7,9-15H2,1-3H3;/q+1;-1. The van der Waals surface area contributed by atoms with Crippen molar-refractivity contribution >= 4 is 15.1 Å². The predicted molar refractivity (Wildman–Crippen MR) is 93.5 cm³/mol. The number of hydrogen-bond acceptors (Lipinski definition) is 0. The zero-order valence-corrected chi connectivity index (χ0v) is 16.1. The molecule has 0 amide bonds. The summed E-state index contributed by atoms with van der Waals surface area (Å²) in [6.07, 6.45) is 19.2. The molecule has 0 fully saturated rings. The molecule has 0 bridgehead atoms. The quantitative estimate of drug-likeness (QED) is 0.201. The number of halogens is 6. The average molecular weight is 386 g/mol. The summed E-state index contributed by atoms with van der Waals surface area (Å²) in [5.74, 6) is 2.98. The van der Waals surface area contributed by atoms with E-state index in [1.54, 1.807) is 0 Å². The molecule has 0 aliphatic rings. The van der Waals surface area contributed by atoms with Crippen LogP contribution in [0.4, 0.5) is 25.2 Å². The fraction of sp³-hybridized carbons (Fsp3) is 0.867. The normalized spacial score (nSPS) is 15.0. The molecule has 0 aromatic rings. The molecular formula is C15H30F6P2. The molecule has 0 saturated heterocycles. The summed E-state index contributed by atoms with van der Waals surface area (Å²) in [5, 5.41) is 0. The SMILES string of the molecule is C#CC[P+](CCCC)(CCCC)CCCC.F[P-](F)(F)(F)(F)F. The van der Waals surface area contributed by atoms with Crippen LogP contribution in [-0.2, 0) is 0 Å². The van der Waals surface area contributed by atoms with Gasteiger partial charge in [0.1, 0.15) is 6.16 Å². The molecule has 23 heavy (non-hydrogen) atoms. The third kappa shape index (κ3) is 24.4. The van der Waals surface area contributed by atoms with Gasteiger partial charge in [-0.2, -0.15) is 0 Å². The van der Waals surface area contributed by atoms with E-state index in [2.05, 4.69) is 26.7 Å². The van der Waals surface area contributed by atoms with Crippen LogP contribution in [0.3, 0.4) is 0 Å². The van der Waals surface area contributed by atoms with Crippen molar-refractivity contribution in [2.75, 3.05) is 24.6 Å². The first-order valence-corrected chi connectivity index (χ1v) is 12.6. The van der Waals surface area contributed by atoms with Crippen molar-refractivity contribution in [2.24, 2.45) is 0 Å². The Balaban J connectivity index is 0. The van der Waals surface area contributed by atoms with Crippen LogP contribution in [0.25, 0.3) is 0 Å². The number of terminal acetylenes is 1. The molecular weight excluding hydrogens is 356 g/mol. The van der Waals surface area contributed by atoms with E-state index >= 15 is 0 Å². The second-order valence-corrected chi connectivity index (χ2v) is 12.2. The van der Waals surface area contributed by atoms with E-state index in [0.717, 1.165) is 6.16 Å². The zero-order valence-electron chi connectivity index (χ0n) is 14.3. The topological polar surface area (TPSA) is 0 Å². The summed E-state index contributed by atoms with van der Waals surface area (Å²) in [6, 6.07) is 0. The van der Waals surface area contributed by atoms with Crippen LogP contribution >= 0.6 is 15.1 Å². The van der Waals surface area contributed by atoms with Gasteiger partial charge in [-0.15, -0.1) is 6.42 Å². The Labute approximate surface area is 137 Å². The minimum atomic E-state index is -10.7. The van der Waals surface area contributed by atoms with Crippen molar-refractivity contribution in [2.45, 2.75) is 59.3 Å². The Morgan fingerprint density at radius 3 is 1.17 bits per heavy atom. The molecule has 0 saturated carbocycles. The van der Waals surface area contributed by atoms with Crippen molar-refractivity contribution in [3.05, 3.63) is 0 Å². The maximum absolute atomic E-state index is 10.7. The minimum absolute atomic E-state index is 0.782. The molecule has 0 heterocycles. The third-order valence-corrected chi connectivity index (χ3v) is 8.03. The molecule has 0 N–H and O–H groups in total. The molecule has 8 heteroatoms. The van der Waals surface area contributed by atoms with Crippen LogP contribution in [0.1, 0.15) is 59.3 Å². The molecule has 142 valence electrons. The molecule has 0 aliphatic carbocycles. The van der Waals surface area contributed by atoms with Gasteiger partial charge in [0.15, 0.2) is 0 Å². The monoisotopic (exact) mass is 386 g/mol. The third-order valence-electron chi connectivity index (χ3n) is 3.38. The van der Waals surface area contributed by atoms with Crippen LogP contribution in [0.5, 0.6) is 0 Å². The van der Waals surface area contributed by atoms with E-state index in [4.69, 9.17) is 6.42 Å². The molecule has 0 rings (SSSR count). The molecule has 0 aliphatic heterocycles. The van der Waals surface area contributed by atoms with Gasteiger partial charge in [-0.3, -0.25) is 0 Å². The number of hydrogen-bond donors (Lipinski definition) is 0. The number of rotatable bonds is 10. The van der Waals surface area contributed by atoms with Crippen LogP contribution < -0.4 is 0 Å². The molecule has 0 unspecified atom stereocenters. The van der Waals surface area contributed by atoms with E-state index in [9.17, 15) is 25.2 Å². The van der Waals surface area contributed by atoms with Crippen LogP contribution in [0, 0.1) is 12.3 Å². The van der Waals surface area contributed by atoms with Gasteiger partial charge in [-0.1, -0.05) is 46.0 Å². The van der Waals surface area contributed by atoms with Gasteiger partial charge in [0.2, 0.25) is 0 Å². The van der Waals surface area contributed by atoms with Crippen molar-refractivity contribution in [3.63, 3.8) is 0 Å². The van der Waals surface area contributed by atoms with Crippen molar-refractivity contribution in [3.8, 4) is 12.3 Å². The average Bonchev–Trinajstić information content (AvgIpc) is 2.37. The molecule has 0 aromatic carbocycles. The van der Waals surface area contributed by atoms with Crippen molar-refractivity contribution in [1.29, 1.82) is 0 Å². The van der Waals surface area contributed by atoms with Gasteiger partial charge in [0.25, 0.3) is 0 Å². The number of unbranched alkanes of at least 4 members (excludes halogenated alkanes) is 3. The van der Waals surface area contributed by atoms with Gasteiger partial charge in [-0.25, -0.2) is 0 Å². The van der Waals surface area contributed by atoms with Gasteiger partial charge < -0.3 is 0 Å². The Hall–Kier alpha value is -0.0000000000000000555. The van der Waals surface area contributed by atoms with E-state index in [1.165, 1.54) is 57.0 Å². The van der Waals surface area contributed by atoms with Gasteiger partial charge in [-0.05, 0) is 19.3 Å². The van der Waals surface area contributed by atoms with E-state index < -0.39 is 15.1 Å². The van der Waals surface area contributed by atoms with Gasteiger partial charge in [0.05, 0.1) is 18.5 Å². The van der Waals surface area contributed by atoms with Crippen LogP contribution in [0.2, 0.25) is 0 Å². The fourth-order valence-electron chi connectivity index (χ4n) is 2.25. The first kappa shape index (κ1) is 25.2. The summed E-state index contributed by atoms with van der Waals surface area (Å²) < 4.78 is 59.2. The van der Waals surface area contributed by atoms with Gasteiger partial charge in [0, 0.05) is 7.26 Å². The van der Waals surface area contributed by atoms with Crippen LogP contribution in [0.15, 0.2) is 0 Å². The second-order valence-electron chi connectivity index (χ2n) is 5.89. The molecule has 0 aromatic heterocycles. The molecule has 0 atom stereocenters. The zero-order chi connectivity index (χ0) is 18.7. The first-order valence-electron chi connectivity index (χ1n) is 8.04. The second kappa shape index (κ2) is 9.47. The Bertz CT molecular complexity index is 322.